The predicted molar refractivity (Wildman–Crippen MR) is 103 cm³/mol. The minimum atomic E-state index is -0.254. The maximum atomic E-state index is 13.2. The average molecular weight is 364 g/mol. The highest BCUT2D eigenvalue weighted by atomic mass is 19.1. The number of likely N-dealkylation sites (tertiary alicyclic amines) is 1. The van der Waals surface area contributed by atoms with E-state index in [1.54, 1.807) is 24.5 Å². The van der Waals surface area contributed by atoms with E-state index < -0.39 is 0 Å². The Balaban J connectivity index is 1.50. The lowest BCUT2D eigenvalue weighted by Crippen LogP contribution is -2.45. The molecule has 1 aliphatic heterocycles. The third-order valence-corrected chi connectivity index (χ3v) is 4.83. The van der Waals surface area contributed by atoms with Crippen LogP contribution in [0.4, 0.5) is 10.1 Å². The first-order chi connectivity index (χ1) is 13.2. The van der Waals surface area contributed by atoms with Gasteiger partial charge in [0.15, 0.2) is 0 Å². The van der Waals surface area contributed by atoms with Crippen LogP contribution in [0.15, 0.2) is 60.9 Å². The summed E-state index contributed by atoms with van der Waals surface area (Å²) in [5, 5.41) is 3.41. The third-order valence-electron chi connectivity index (χ3n) is 4.83. The number of H-pyrrole nitrogens is 1. The molecule has 0 bridgehead atoms. The van der Waals surface area contributed by atoms with Crippen LogP contribution in [0.1, 0.15) is 23.2 Å². The van der Waals surface area contributed by atoms with Gasteiger partial charge in [-0.3, -0.25) is 4.79 Å². The van der Waals surface area contributed by atoms with E-state index in [0.717, 1.165) is 30.6 Å². The first-order valence-electron chi connectivity index (χ1n) is 9.11. The quantitative estimate of drug-likeness (QED) is 0.737. The minimum Gasteiger partial charge on any atom is -0.381 e. The lowest BCUT2D eigenvalue weighted by Gasteiger charge is -2.34. The summed E-state index contributed by atoms with van der Waals surface area (Å²) < 4.78 is 13.1. The Morgan fingerprint density at radius 3 is 2.78 bits per heavy atom. The van der Waals surface area contributed by atoms with Gasteiger partial charge in [-0.2, -0.15) is 0 Å². The molecule has 0 unspecified atom stereocenters. The number of rotatable bonds is 4. The Morgan fingerprint density at radius 2 is 2.00 bits per heavy atom. The Kier molecular flexibility index (Phi) is 4.87. The number of carbonyl (C=O) groups excluding carboxylic acids is 1. The maximum Gasteiger partial charge on any atom is 0.254 e. The highest BCUT2D eigenvalue weighted by Gasteiger charge is 2.26. The van der Waals surface area contributed by atoms with E-state index >= 15 is 0 Å². The summed E-state index contributed by atoms with van der Waals surface area (Å²) >= 11 is 0. The second-order valence-corrected chi connectivity index (χ2v) is 6.72. The van der Waals surface area contributed by atoms with Crippen LogP contribution in [0, 0.1) is 5.82 Å². The van der Waals surface area contributed by atoms with Crippen molar-refractivity contribution in [3.63, 3.8) is 0 Å². The molecular weight excluding hydrogens is 343 g/mol. The molecule has 2 aromatic carbocycles. The molecule has 0 saturated carbocycles. The smallest absolute Gasteiger partial charge is 0.254 e. The number of hydrogen-bond donors (Lipinski definition) is 2. The molecule has 3 aromatic rings. The fourth-order valence-corrected chi connectivity index (χ4v) is 3.52. The zero-order valence-corrected chi connectivity index (χ0v) is 14.9. The summed E-state index contributed by atoms with van der Waals surface area (Å²) in [6.07, 6.45) is 5.33. The van der Waals surface area contributed by atoms with Crippen molar-refractivity contribution in [1.29, 1.82) is 0 Å². The molecule has 6 heteroatoms. The van der Waals surface area contributed by atoms with Crippen LogP contribution >= 0.6 is 0 Å². The number of piperidine rings is 1. The molecule has 1 aromatic heterocycles. The van der Waals surface area contributed by atoms with Gasteiger partial charge in [0.1, 0.15) is 11.6 Å². The molecule has 1 amide bonds. The molecule has 0 aliphatic carbocycles. The van der Waals surface area contributed by atoms with Gasteiger partial charge in [-0.1, -0.05) is 18.2 Å². The summed E-state index contributed by atoms with van der Waals surface area (Å²) in [7, 11) is 0. The SMILES string of the molecule is O=C(c1ccccc1-c1ncc[nH]1)N1CCC[C@H](Nc2ccc(F)cc2)C1. The predicted octanol–water partition coefficient (Wildman–Crippen LogP) is 3.93. The van der Waals surface area contributed by atoms with Crippen molar-refractivity contribution in [2.45, 2.75) is 18.9 Å². The number of halogens is 1. The topological polar surface area (TPSA) is 61.0 Å². The van der Waals surface area contributed by atoms with Crippen LogP contribution in [0.3, 0.4) is 0 Å². The molecule has 1 fully saturated rings. The van der Waals surface area contributed by atoms with Crippen LogP contribution < -0.4 is 5.32 Å². The molecule has 1 atom stereocenters. The highest BCUT2D eigenvalue weighted by Crippen LogP contribution is 2.24. The van der Waals surface area contributed by atoms with E-state index in [2.05, 4.69) is 15.3 Å². The zero-order valence-electron chi connectivity index (χ0n) is 14.9. The van der Waals surface area contributed by atoms with Crippen LogP contribution in [-0.4, -0.2) is 39.9 Å². The van der Waals surface area contributed by atoms with Crippen LogP contribution in [0.5, 0.6) is 0 Å². The summed E-state index contributed by atoms with van der Waals surface area (Å²) in [6, 6.07) is 14.0. The van der Waals surface area contributed by atoms with Crippen molar-refractivity contribution in [3.8, 4) is 11.4 Å². The lowest BCUT2D eigenvalue weighted by atomic mass is 10.0. The van der Waals surface area contributed by atoms with E-state index in [9.17, 15) is 9.18 Å². The monoisotopic (exact) mass is 364 g/mol. The number of imidazole rings is 1. The fourth-order valence-electron chi connectivity index (χ4n) is 3.52. The second-order valence-electron chi connectivity index (χ2n) is 6.72. The molecular formula is C21H21FN4O. The number of aromatic nitrogens is 2. The van der Waals surface area contributed by atoms with Gasteiger partial charge in [0, 0.05) is 42.8 Å². The number of nitrogens with one attached hydrogen (secondary N) is 2. The molecule has 5 nitrogen and oxygen atoms in total. The van der Waals surface area contributed by atoms with E-state index in [0.29, 0.717) is 17.9 Å². The highest BCUT2D eigenvalue weighted by molar-refractivity contribution is 6.00. The standard InChI is InChI=1S/C21H21FN4O/c22-15-7-9-16(10-8-15)25-17-4-3-13-26(14-17)21(27)19-6-2-1-5-18(19)20-23-11-12-24-20/h1-2,5-12,17,25H,3-4,13-14H2,(H,23,24)/t17-/m0/s1. The number of amides is 1. The normalized spacial score (nSPS) is 16.9. The zero-order chi connectivity index (χ0) is 18.6. The van der Waals surface area contributed by atoms with Crippen molar-refractivity contribution in [2.75, 3.05) is 18.4 Å². The molecule has 138 valence electrons. The lowest BCUT2D eigenvalue weighted by molar-refractivity contribution is 0.0715. The second kappa shape index (κ2) is 7.61. The number of carbonyl (C=O) groups is 1. The number of hydrogen-bond acceptors (Lipinski definition) is 3. The largest absolute Gasteiger partial charge is 0.381 e. The molecule has 0 radical (unpaired) electrons. The number of benzene rings is 2. The van der Waals surface area contributed by atoms with E-state index in [1.807, 2.05) is 29.2 Å². The Bertz CT molecular complexity index is 908. The number of anilines is 1. The van der Waals surface area contributed by atoms with E-state index in [1.165, 1.54) is 12.1 Å². The van der Waals surface area contributed by atoms with Crippen LogP contribution in [-0.2, 0) is 0 Å². The minimum absolute atomic E-state index is 0.00704. The van der Waals surface area contributed by atoms with Gasteiger partial charge in [0.25, 0.3) is 5.91 Å². The molecule has 2 heterocycles. The van der Waals surface area contributed by atoms with Gasteiger partial charge in [-0.25, -0.2) is 9.37 Å². The molecule has 2 N–H and O–H groups in total. The van der Waals surface area contributed by atoms with Crippen molar-refractivity contribution in [1.82, 2.24) is 14.9 Å². The third kappa shape index (κ3) is 3.84. The molecule has 1 saturated heterocycles. The van der Waals surface area contributed by atoms with Gasteiger partial charge in [0.05, 0.1) is 5.56 Å². The van der Waals surface area contributed by atoms with Gasteiger partial charge in [0.2, 0.25) is 0 Å². The van der Waals surface area contributed by atoms with Crippen molar-refractivity contribution < 1.29 is 9.18 Å². The average Bonchev–Trinajstić information content (AvgIpc) is 3.24. The van der Waals surface area contributed by atoms with E-state index in [4.69, 9.17) is 0 Å². The first-order valence-corrected chi connectivity index (χ1v) is 9.11. The Labute approximate surface area is 157 Å². The van der Waals surface area contributed by atoms with Crippen LogP contribution in [0.25, 0.3) is 11.4 Å². The van der Waals surface area contributed by atoms with Crippen molar-refractivity contribution >= 4 is 11.6 Å². The summed E-state index contributed by atoms with van der Waals surface area (Å²) in [6.45, 7) is 1.34. The summed E-state index contributed by atoms with van der Waals surface area (Å²) in [4.78, 5) is 22.4. The molecule has 27 heavy (non-hydrogen) atoms. The summed E-state index contributed by atoms with van der Waals surface area (Å²) in [5.41, 5.74) is 2.32. The van der Waals surface area contributed by atoms with Crippen molar-refractivity contribution in [3.05, 3.63) is 72.3 Å². The van der Waals surface area contributed by atoms with Gasteiger partial charge in [-0.05, 0) is 43.2 Å². The fraction of sp³-hybridized carbons (Fsp3) is 0.238. The molecule has 4 rings (SSSR count). The Morgan fingerprint density at radius 1 is 1.19 bits per heavy atom. The number of aromatic amines is 1. The molecule has 0 spiro atoms. The number of nitrogens with zero attached hydrogens (tertiary/aromatic N) is 2. The van der Waals surface area contributed by atoms with E-state index in [-0.39, 0.29) is 17.8 Å². The Hall–Kier alpha value is -3.15. The van der Waals surface area contributed by atoms with Crippen molar-refractivity contribution in [2.24, 2.45) is 0 Å². The van der Waals surface area contributed by atoms with Gasteiger partial charge in [-0.15, -0.1) is 0 Å². The maximum absolute atomic E-state index is 13.2. The molecule has 1 aliphatic rings. The van der Waals surface area contributed by atoms with Gasteiger partial charge >= 0.3 is 0 Å². The van der Waals surface area contributed by atoms with Crippen LogP contribution in [0.2, 0.25) is 0 Å². The van der Waals surface area contributed by atoms with Gasteiger partial charge < -0.3 is 15.2 Å². The summed E-state index contributed by atoms with van der Waals surface area (Å²) in [5.74, 6) is 0.445. The first kappa shape index (κ1) is 17.3.